The van der Waals surface area contributed by atoms with Crippen LogP contribution in [0.5, 0.6) is 0 Å². The van der Waals surface area contributed by atoms with Crippen molar-refractivity contribution in [3.63, 3.8) is 0 Å². The fraction of sp³-hybridized carbons (Fsp3) is 0.917. The summed E-state index contributed by atoms with van der Waals surface area (Å²) in [5.41, 5.74) is 0. The molecule has 2 unspecified atom stereocenters. The van der Waals surface area contributed by atoms with E-state index in [0.717, 1.165) is 38.8 Å². The van der Waals surface area contributed by atoms with Crippen LogP contribution >= 0.6 is 0 Å². The minimum atomic E-state index is 0.170. The van der Waals surface area contributed by atoms with E-state index in [-0.39, 0.29) is 12.6 Å². The molecule has 0 bridgehead atoms. The predicted octanol–water partition coefficient (Wildman–Crippen LogP) is 1.20. The highest BCUT2D eigenvalue weighted by Gasteiger charge is 2.32. The van der Waals surface area contributed by atoms with E-state index in [0.29, 0.717) is 11.7 Å². The summed E-state index contributed by atoms with van der Waals surface area (Å²) in [4.78, 5) is 14.2. The summed E-state index contributed by atoms with van der Waals surface area (Å²) in [6.07, 6.45) is 6.34. The highest BCUT2D eigenvalue weighted by Crippen LogP contribution is 2.25. The van der Waals surface area contributed by atoms with E-state index in [2.05, 4.69) is 4.90 Å². The molecule has 15 heavy (non-hydrogen) atoms. The first-order chi connectivity index (χ1) is 7.31. The lowest BCUT2D eigenvalue weighted by Crippen LogP contribution is -2.39. The van der Waals surface area contributed by atoms with Gasteiger partial charge in [0.25, 0.3) is 0 Å². The van der Waals surface area contributed by atoms with Gasteiger partial charge in [-0.1, -0.05) is 12.8 Å². The van der Waals surface area contributed by atoms with E-state index < -0.39 is 0 Å². The second-order valence-corrected chi connectivity index (χ2v) is 4.91. The molecule has 1 aliphatic carbocycles. The van der Waals surface area contributed by atoms with Gasteiger partial charge in [0.05, 0.1) is 6.04 Å². The van der Waals surface area contributed by atoms with Gasteiger partial charge in [-0.25, -0.2) is 0 Å². The van der Waals surface area contributed by atoms with Gasteiger partial charge in [-0.05, 0) is 31.7 Å². The normalized spacial score (nSPS) is 34.3. The van der Waals surface area contributed by atoms with Gasteiger partial charge in [-0.15, -0.1) is 0 Å². The van der Waals surface area contributed by atoms with Crippen molar-refractivity contribution in [3.05, 3.63) is 0 Å². The number of likely N-dealkylation sites (tertiary alicyclic amines) is 1. The summed E-state index contributed by atoms with van der Waals surface area (Å²) in [6, 6.07) is 0.170. The van der Waals surface area contributed by atoms with Crippen molar-refractivity contribution in [1.29, 1.82) is 0 Å². The fourth-order valence-corrected chi connectivity index (χ4v) is 2.82. The van der Waals surface area contributed by atoms with Crippen LogP contribution < -0.4 is 0 Å². The van der Waals surface area contributed by atoms with Crippen LogP contribution in [0.25, 0.3) is 0 Å². The average Bonchev–Trinajstić information content (AvgIpc) is 2.62. The molecule has 0 radical (unpaired) electrons. The summed E-state index contributed by atoms with van der Waals surface area (Å²) in [5, 5.41) is 9.09. The molecule has 2 aliphatic rings. The third kappa shape index (κ3) is 2.58. The van der Waals surface area contributed by atoms with Crippen molar-refractivity contribution in [3.8, 4) is 0 Å². The standard InChI is InChI=1S/C12H21NO2/c14-9-10-6-7-13(8-10)11-4-2-1-3-5-12(11)15/h10-11,14H,1-9H2. The Kier molecular flexibility index (Phi) is 3.76. The van der Waals surface area contributed by atoms with E-state index in [1.165, 1.54) is 12.8 Å². The number of hydrogen-bond donors (Lipinski definition) is 1. The minimum Gasteiger partial charge on any atom is -0.396 e. The smallest absolute Gasteiger partial charge is 0.149 e. The van der Waals surface area contributed by atoms with Crippen LogP contribution in [0.1, 0.15) is 38.5 Å². The number of aliphatic hydroxyl groups is 1. The molecule has 2 fully saturated rings. The fourth-order valence-electron chi connectivity index (χ4n) is 2.82. The zero-order valence-corrected chi connectivity index (χ0v) is 9.32. The molecule has 3 heteroatoms. The molecule has 1 N–H and O–H groups in total. The van der Waals surface area contributed by atoms with Crippen molar-refractivity contribution in [1.82, 2.24) is 4.90 Å². The molecular weight excluding hydrogens is 190 g/mol. The number of carbonyl (C=O) groups excluding carboxylic acids is 1. The van der Waals surface area contributed by atoms with Crippen molar-refractivity contribution in [2.45, 2.75) is 44.6 Å². The summed E-state index contributed by atoms with van der Waals surface area (Å²) in [5.74, 6) is 0.840. The zero-order chi connectivity index (χ0) is 10.7. The maximum absolute atomic E-state index is 11.9. The van der Waals surface area contributed by atoms with Crippen molar-refractivity contribution in [2.75, 3.05) is 19.7 Å². The number of Topliss-reactive ketones (excluding diaryl/α,β-unsaturated/α-hetero) is 1. The molecule has 1 saturated heterocycles. The van der Waals surface area contributed by atoms with Gasteiger partial charge >= 0.3 is 0 Å². The van der Waals surface area contributed by atoms with Crippen molar-refractivity contribution >= 4 is 5.78 Å². The van der Waals surface area contributed by atoms with Crippen LogP contribution in [0, 0.1) is 5.92 Å². The number of nitrogens with zero attached hydrogens (tertiary/aromatic N) is 1. The number of hydrogen-bond acceptors (Lipinski definition) is 3. The van der Waals surface area contributed by atoms with E-state index in [4.69, 9.17) is 5.11 Å². The van der Waals surface area contributed by atoms with Crippen molar-refractivity contribution in [2.24, 2.45) is 5.92 Å². The summed E-state index contributed by atoms with van der Waals surface area (Å²) in [7, 11) is 0. The van der Waals surface area contributed by atoms with Crippen LogP contribution in [-0.4, -0.2) is 41.5 Å². The zero-order valence-electron chi connectivity index (χ0n) is 9.32. The maximum atomic E-state index is 11.9. The number of rotatable bonds is 2. The Morgan fingerprint density at radius 1 is 1.27 bits per heavy atom. The molecule has 0 aromatic rings. The summed E-state index contributed by atoms with van der Waals surface area (Å²) in [6.45, 7) is 2.20. The highest BCUT2D eigenvalue weighted by molar-refractivity contribution is 5.84. The first kappa shape index (κ1) is 11.1. The average molecular weight is 211 g/mol. The van der Waals surface area contributed by atoms with Gasteiger partial charge in [0, 0.05) is 19.6 Å². The second-order valence-electron chi connectivity index (χ2n) is 4.91. The lowest BCUT2D eigenvalue weighted by molar-refractivity contribution is -0.123. The Labute approximate surface area is 91.5 Å². The number of carbonyl (C=O) groups is 1. The van der Waals surface area contributed by atoms with E-state index in [1.807, 2.05) is 0 Å². The molecular formula is C12H21NO2. The van der Waals surface area contributed by atoms with Crippen LogP contribution in [0.4, 0.5) is 0 Å². The molecule has 0 spiro atoms. The topological polar surface area (TPSA) is 40.5 Å². The molecule has 1 heterocycles. The largest absolute Gasteiger partial charge is 0.396 e. The van der Waals surface area contributed by atoms with Crippen LogP contribution in [-0.2, 0) is 4.79 Å². The van der Waals surface area contributed by atoms with Crippen molar-refractivity contribution < 1.29 is 9.90 Å². The third-order valence-electron chi connectivity index (χ3n) is 3.79. The molecule has 1 saturated carbocycles. The second kappa shape index (κ2) is 5.08. The molecule has 2 atom stereocenters. The molecule has 1 aliphatic heterocycles. The van der Waals surface area contributed by atoms with Gasteiger partial charge < -0.3 is 5.11 Å². The van der Waals surface area contributed by atoms with Gasteiger partial charge in [-0.3, -0.25) is 9.69 Å². The molecule has 0 aromatic carbocycles. The van der Waals surface area contributed by atoms with E-state index in [9.17, 15) is 4.79 Å². The molecule has 0 amide bonds. The summed E-state index contributed by atoms with van der Waals surface area (Å²) < 4.78 is 0. The SMILES string of the molecule is O=C1CCCCCC1N1CCC(CO)C1. The minimum absolute atomic E-state index is 0.170. The Hall–Kier alpha value is -0.410. The van der Waals surface area contributed by atoms with Gasteiger partial charge in [0.1, 0.15) is 5.78 Å². The molecule has 3 nitrogen and oxygen atoms in total. The molecule has 86 valence electrons. The number of aliphatic hydroxyl groups excluding tert-OH is 1. The van der Waals surface area contributed by atoms with Crippen LogP contribution in [0.3, 0.4) is 0 Å². The lowest BCUT2D eigenvalue weighted by Gasteiger charge is -2.25. The highest BCUT2D eigenvalue weighted by atomic mass is 16.3. The van der Waals surface area contributed by atoms with Gasteiger partial charge in [0.2, 0.25) is 0 Å². The van der Waals surface area contributed by atoms with Gasteiger partial charge in [-0.2, -0.15) is 0 Å². The predicted molar refractivity (Wildman–Crippen MR) is 58.6 cm³/mol. The van der Waals surface area contributed by atoms with E-state index >= 15 is 0 Å². The quantitative estimate of drug-likeness (QED) is 0.698. The Bertz CT molecular complexity index is 230. The third-order valence-corrected chi connectivity index (χ3v) is 3.79. The molecule has 0 aromatic heterocycles. The number of ketones is 1. The monoisotopic (exact) mass is 211 g/mol. The van der Waals surface area contributed by atoms with Gasteiger partial charge in [0.15, 0.2) is 0 Å². The summed E-state index contributed by atoms with van der Waals surface area (Å²) >= 11 is 0. The lowest BCUT2D eigenvalue weighted by atomic mass is 10.1. The first-order valence-corrected chi connectivity index (χ1v) is 6.19. The molecule has 2 rings (SSSR count). The van der Waals surface area contributed by atoms with Crippen LogP contribution in [0.15, 0.2) is 0 Å². The van der Waals surface area contributed by atoms with Crippen LogP contribution in [0.2, 0.25) is 0 Å². The Morgan fingerprint density at radius 3 is 2.87 bits per heavy atom. The van der Waals surface area contributed by atoms with E-state index in [1.54, 1.807) is 0 Å². The maximum Gasteiger partial charge on any atom is 0.149 e. The Morgan fingerprint density at radius 2 is 2.13 bits per heavy atom. The first-order valence-electron chi connectivity index (χ1n) is 6.19. The Balaban J connectivity index is 1.93.